The lowest BCUT2D eigenvalue weighted by Crippen LogP contribution is -2.51. The highest BCUT2D eigenvalue weighted by molar-refractivity contribution is 5.76. The van der Waals surface area contributed by atoms with E-state index < -0.39 is 0 Å². The number of rotatable bonds is 7. The zero-order valence-corrected chi connectivity index (χ0v) is 18.3. The van der Waals surface area contributed by atoms with Crippen LogP contribution in [0, 0.1) is 19.8 Å². The topological polar surface area (TPSA) is 41.4 Å². The van der Waals surface area contributed by atoms with Crippen LogP contribution in [-0.2, 0) is 17.8 Å². The third kappa shape index (κ3) is 4.86. The molecule has 0 aliphatic carbocycles. The Labute approximate surface area is 170 Å². The summed E-state index contributed by atoms with van der Waals surface area (Å²) in [4.78, 5) is 17.5. The Morgan fingerprint density at radius 2 is 1.96 bits per heavy atom. The number of aromatic nitrogens is 2. The Bertz CT molecular complexity index is 706. The second kappa shape index (κ2) is 9.25. The highest BCUT2D eigenvalue weighted by Crippen LogP contribution is 2.31. The summed E-state index contributed by atoms with van der Waals surface area (Å²) in [5.41, 5.74) is 4.52. The molecule has 0 aromatic carbocycles. The molecule has 2 fully saturated rings. The number of piperidine rings is 2. The fourth-order valence-electron chi connectivity index (χ4n) is 5.17. The Balaban J connectivity index is 1.55. The van der Waals surface area contributed by atoms with Crippen LogP contribution in [0.1, 0.15) is 62.4 Å². The van der Waals surface area contributed by atoms with E-state index in [9.17, 15) is 4.79 Å². The fourth-order valence-corrected chi connectivity index (χ4v) is 5.17. The van der Waals surface area contributed by atoms with E-state index in [-0.39, 0.29) is 5.91 Å². The quantitative estimate of drug-likeness (QED) is 0.671. The fraction of sp³-hybridized carbons (Fsp3) is 0.739. The van der Waals surface area contributed by atoms with Gasteiger partial charge in [0.25, 0.3) is 0 Å². The van der Waals surface area contributed by atoms with Crippen LogP contribution in [-0.4, -0.2) is 58.2 Å². The van der Waals surface area contributed by atoms with Gasteiger partial charge in [-0.05, 0) is 77.4 Å². The molecule has 3 heterocycles. The first-order valence-corrected chi connectivity index (χ1v) is 11.0. The summed E-state index contributed by atoms with van der Waals surface area (Å²) >= 11 is 0. The number of allylic oxidation sites excluding steroid dienone is 1. The standard InChI is InChI=1S/C23H38N4O/c1-17(2)15-27-19(4)21(18(3)24-27)11-12-23(28)25(5)16-20-9-8-14-26-13-7-6-10-22(20)26/h20,22H,1,6-16H2,2-5H3/t20-,22+/m1/s1. The molecule has 5 nitrogen and oxygen atoms in total. The van der Waals surface area contributed by atoms with Gasteiger partial charge in [0.05, 0.1) is 12.2 Å². The molecule has 1 aromatic rings. The molecule has 1 aromatic heterocycles. The van der Waals surface area contributed by atoms with E-state index in [0.717, 1.165) is 30.8 Å². The second-order valence-corrected chi connectivity index (χ2v) is 9.04. The Kier molecular flexibility index (Phi) is 6.97. The minimum Gasteiger partial charge on any atom is -0.345 e. The molecule has 3 rings (SSSR count). The molecule has 0 radical (unpaired) electrons. The van der Waals surface area contributed by atoms with Crippen LogP contribution < -0.4 is 0 Å². The number of hydrogen-bond acceptors (Lipinski definition) is 3. The van der Waals surface area contributed by atoms with Crippen LogP contribution >= 0.6 is 0 Å². The van der Waals surface area contributed by atoms with Gasteiger partial charge in [-0.3, -0.25) is 9.48 Å². The molecule has 0 saturated carbocycles. The summed E-state index contributed by atoms with van der Waals surface area (Å²) in [6.45, 7) is 14.3. The Hall–Kier alpha value is -1.62. The number of aryl methyl sites for hydroxylation is 1. The molecule has 1 amide bonds. The molecular weight excluding hydrogens is 348 g/mol. The van der Waals surface area contributed by atoms with Crippen LogP contribution in [0.4, 0.5) is 0 Å². The average molecular weight is 387 g/mol. The summed E-state index contributed by atoms with van der Waals surface area (Å²) in [5.74, 6) is 0.907. The Morgan fingerprint density at radius 1 is 1.21 bits per heavy atom. The van der Waals surface area contributed by atoms with Crippen LogP contribution in [0.3, 0.4) is 0 Å². The number of hydrogen-bond donors (Lipinski definition) is 0. The molecule has 0 N–H and O–H groups in total. The van der Waals surface area contributed by atoms with Crippen LogP contribution in [0.5, 0.6) is 0 Å². The molecule has 5 heteroatoms. The minimum atomic E-state index is 0.263. The number of carbonyl (C=O) groups excluding carboxylic acids is 1. The van der Waals surface area contributed by atoms with E-state index >= 15 is 0 Å². The van der Waals surface area contributed by atoms with E-state index in [0.29, 0.717) is 18.4 Å². The predicted molar refractivity (Wildman–Crippen MR) is 114 cm³/mol. The van der Waals surface area contributed by atoms with Crippen LogP contribution in [0.2, 0.25) is 0 Å². The number of nitrogens with zero attached hydrogens (tertiary/aromatic N) is 4. The van der Waals surface area contributed by atoms with Gasteiger partial charge in [0.15, 0.2) is 0 Å². The SMILES string of the molecule is C=C(C)Cn1nc(C)c(CCC(=O)N(C)C[C@H]2CCCN3CCCC[C@@H]23)c1C. The summed E-state index contributed by atoms with van der Waals surface area (Å²) in [6.07, 6.45) is 7.90. The lowest BCUT2D eigenvalue weighted by molar-refractivity contribution is -0.131. The van der Waals surface area contributed by atoms with Crippen molar-refractivity contribution < 1.29 is 4.79 Å². The first-order chi connectivity index (χ1) is 13.4. The van der Waals surface area contributed by atoms with Crippen molar-refractivity contribution in [2.24, 2.45) is 5.92 Å². The predicted octanol–water partition coefficient (Wildman–Crippen LogP) is 3.73. The van der Waals surface area contributed by atoms with Crippen molar-refractivity contribution in [3.63, 3.8) is 0 Å². The molecule has 0 spiro atoms. The molecule has 0 unspecified atom stereocenters. The van der Waals surface area contributed by atoms with Crippen LogP contribution in [0.25, 0.3) is 0 Å². The lowest BCUT2D eigenvalue weighted by atomic mass is 9.83. The van der Waals surface area contributed by atoms with Gasteiger partial charge in [-0.15, -0.1) is 0 Å². The van der Waals surface area contributed by atoms with Crippen molar-refractivity contribution in [3.05, 3.63) is 29.1 Å². The minimum absolute atomic E-state index is 0.263. The van der Waals surface area contributed by atoms with E-state index in [4.69, 9.17) is 0 Å². The van der Waals surface area contributed by atoms with Crippen molar-refractivity contribution >= 4 is 5.91 Å². The van der Waals surface area contributed by atoms with E-state index in [1.807, 2.05) is 30.5 Å². The first kappa shape index (κ1) is 21.1. The summed E-state index contributed by atoms with van der Waals surface area (Å²) < 4.78 is 2.01. The lowest BCUT2D eigenvalue weighted by Gasteiger charge is -2.45. The molecule has 156 valence electrons. The molecular formula is C23H38N4O. The van der Waals surface area contributed by atoms with Gasteiger partial charge in [0, 0.05) is 31.7 Å². The number of carbonyl (C=O) groups is 1. The maximum Gasteiger partial charge on any atom is 0.222 e. The zero-order valence-electron chi connectivity index (χ0n) is 18.3. The van der Waals surface area contributed by atoms with E-state index in [1.165, 1.54) is 56.5 Å². The van der Waals surface area contributed by atoms with Crippen molar-refractivity contribution in [3.8, 4) is 0 Å². The number of amides is 1. The molecule has 2 aliphatic heterocycles. The van der Waals surface area contributed by atoms with Gasteiger partial charge < -0.3 is 9.80 Å². The van der Waals surface area contributed by atoms with Gasteiger partial charge in [0.1, 0.15) is 0 Å². The average Bonchev–Trinajstić information content (AvgIpc) is 2.92. The monoisotopic (exact) mass is 386 g/mol. The largest absolute Gasteiger partial charge is 0.345 e. The van der Waals surface area contributed by atoms with Gasteiger partial charge in [-0.1, -0.05) is 18.6 Å². The second-order valence-electron chi connectivity index (χ2n) is 9.04. The van der Waals surface area contributed by atoms with Crippen molar-refractivity contribution in [1.29, 1.82) is 0 Å². The van der Waals surface area contributed by atoms with Gasteiger partial charge in [-0.25, -0.2) is 0 Å². The molecule has 0 bridgehead atoms. The molecule has 2 saturated heterocycles. The van der Waals surface area contributed by atoms with Gasteiger partial charge in [0.2, 0.25) is 5.91 Å². The van der Waals surface area contributed by atoms with Crippen molar-refractivity contribution in [2.45, 2.75) is 78.3 Å². The molecule has 2 aliphatic rings. The zero-order chi connectivity index (χ0) is 20.3. The maximum absolute atomic E-state index is 12.8. The summed E-state index contributed by atoms with van der Waals surface area (Å²) in [5, 5.41) is 4.64. The summed E-state index contributed by atoms with van der Waals surface area (Å²) in [6, 6.07) is 0.697. The highest BCUT2D eigenvalue weighted by Gasteiger charge is 2.34. The Morgan fingerprint density at radius 3 is 2.71 bits per heavy atom. The van der Waals surface area contributed by atoms with Gasteiger partial charge in [-0.2, -0.15) is 5.10 Å². The van der Waals surface area contributed by atoms with E-state index in [1.54, 1.807) is 0 Å². The third-order valence-electron chi connectivity index (χ3n) is 6.70. The summed E-state index contributed by atoms with van der Waals surface area (Å²) in [7, 11) is 1.99. The maximum atomic E-state index is 12.8. The smallest absolute Gasteiger partial charge is 0.222 e. The van der Waals surface area contributed by atoms with Crippen molar-refractivity contribution in [2.75, 3.05) is 26.7 Å². The number of fused-ring (bicyclic) bond motifs is 1. The normalized spacial score (nSPS) is 22.7. The van der Waals surface area contributed by atoms with E-state index in [2.05, 4.69) is 23.5 Å². The molecule has 28 heavy (non-hydrogen) atoms. The van der Waals surface area contributed by atoms with Crippen LogP contribution in [0.15, 0.2) is 12.2 Å². The first-order valence-electron chi connectivity index (χ1n) is 11.0. The van der Waals surface area contributed by atoms with Gasteiger partial charge >= 0.3 is 0 Å². The highest BCUT2D eigenvalue weighted by atomic mass is 16.2. The molecule has 2 atom stereocenters. The third-order valence-corrected chi connectivity index (χ3v) is 6.70. The van der Waals surface area contributed by atoms with Crippen molar-refractivity contribution in [1.82, 2.24) is 19.6 Å².